The van der Waals surface area contributed by atoms with Crippen molar-refractivity contribution < 1.29 is 9.18 Å². The van der Waals surface area contributed by atoms with Crippen molar-refractivity contribution in [3.63, 3.8) is 0 Å². The zero-order valence-corrected chi connectivity index (χ0v) is 15.7. The van der Waals surface area contributed by atoms with Crippen LogP contribution < -0.4 is 10.2 Å². The molecule has 1 aliphatic rings. The second kappa shape index (κ2) is 7.80. The number of benzene rings is 2. The van der Waals surface area contributed by atoms with Crippen LogP contribution in [0.3, 0.4) is 0 Å². The van der Waals surface area contributed by atoms with Crippen LogP contribution in [0.25, 0.3) is 5.69 Å². The van der Waals surface area contributed by atoms with Gasteiger partial charge in [-0.15, -0.1) is 5.10 Å². The summed E-state index contributed by atoms with van der Waals surface area (Å²) in [5.41, 5.74) is 2.71. The lowest BCUT2D eigenvalue weighted by molar-refractivity contribution is 0.0928. The molecule has 0 spiro atoms. The highest BCUT2D eigenvalue weighted by atomic mass is 19.1. The van der Waals surface area contributed by atoms with E-state index in [0.717, 1.165) is 30.6 Å². The molecule has 4 rings (SSSR count). The van der Waals surface area contributed by atoms with Crippen LogP contribution in [0.1, 0.15) is 28.9 Å². The van der Waals surface area contributed by atoms with Gasteiger partial charge in [-0.05, 0) is 49.6 Å². The van der Waals surface area contributed by atoms with E-state index in [1.165, 1.54) is 6.07 Å². The Bertz CT molecular complexity index is 972. The maximum atomic E-state index is 14.2. The van der Waals surface area contributed by atoms with Crippen molar-refractivity contribution in [1.29, 1.82) is 0 Å². The average Bonchev–Trinajstić information content (AvgIpc) is 3.21. The molecule has 2 heterocycles. The number of amides is 1. The molecule has 1 saturated heterocycles. The van der Waals surface area contributed by atoms with Crippen molar-refractivity contribution >= 4 is 11.6 Å². The molecule has 0 bridgehead atoms. The maximum Gasteiger partial charge on any atom is 0.273 e. The van der Waals surface area contributed by atoms with Crippen molar-refractivity contribution in [1.82, 2.24) is 20.3 Å². The molecule has 1 amide bonds. The van der Waals surface area contributed by atoms with Crippen molar-refractivity contribution in [3.8, 4) is 5.69 Å². The highest BCUT2D eigenvalue weighted by Crippen LogP contribution is 2.24. The first-order chi connectivity index (χ1) is 13.6. The number of carbonyl (C=O) groups is 1. The molecule has 144 valence electrons. The number of hydrogen-bond donors (Lipinski definition) is 1. The summed E-state index contributed by atoms with van der Waals surface area (Å²) in [7, 11) is 0. The summed E-state index contributed by atoms with van der Waals surface area (Å²) in [6.07, 6.45) is 3.35. The van der Waals surface area contributed by atoms with Crippen LogP contribution in [0, 0.1) is 12.7 Å². The standard InChI is InChI=1S/C21H22FN5O/c1-15-9-10-18(22)20(12-15)26-11-5-6-16(13-26)23-21(28)19-14-27(25-24-19)17-7-3-2-4-8-17/h2-4,7-10,12,14,16H,5-6,11,13H2,1H3,(H,23,28). The Morgan fingerprint density at radius 2 is 2.04 bits per heavy atom. The third kappa shape index (κ3) is 3.88. The molecule has 2 aromatic carbocycles. The van der Waals surface area contributed by atoms with Crippen LogP contribution in [0.2, 0.25) is 0 Å². The largest absolute Gasteiger partial charge is 0.367 e. The summed E-state index contributed by atoms with van der Waals surface area (Å²) in [6.45, 7) is 3.29. The van der Waals surface area contributed by atoms with E-state index in [2.05, 4.69) is 15.6 Å². The van der Waals surface area contributed by atoms with E-state index in [1.54, 1.807) is 16.9 Å². The third-order valence-corrected chi connectivity index (χ3v) is 4.95. The lowest BCUT2D eigenvalue weighted by Crippen LogP contribution is -2.48. The average molecular weight is 379 g/mol. The Balaban J connectivity index is 1.43. The first-order valence-electron chi connectivity index (χ1n) is 9.40. The SMILES string of the molecule is Cc1ccc(F)c(N2CCCC(NC(=O)c3cn(-c4ccccc4)nn3)C2)c1. The van der Waals surface area contributed by atoms with Crippen LogP contribution in [0.4, 0.5) is 10.1 Å². The summed E-state index contributed by atoms with van der Waals surface area (Å²) >= 11 is 0. The van der Waals surface area contributed by atoms with Gasteiger partial charge in [0.1, 0.15) is 5.82 Å². The van der Waals surface area contributed by atoms with Crippen LogP contribution in [-0.2, 0) is 0 Å². The quantitative estimate of drug-likeness (QED) is 0.757. The Kier molecular flexibility index (Phi) is 5.06. The molecule has 1 unspecified atom stereocenters. The van der Waals surface area contributed by atoms with Gasteiger partial charge in [0.2, 0.25) is 0 Å². The van der Waals surface area contributed by atoms with Crippen molar-refractivity contribution in [3.05, 3.63) is 71.8 Å². The molecule has 0 radical (unpaired) electrons. The van der Waals surface area contributed by atoms with Crippen LogP contribution in [0.5, 0.6) is 0 Å². The molecule has 6 nitrogen and oxygen atoms in total. The van der Waals surface area contributed by atoms with Crippen molar-refractivity contribution in [2.24, 2.45) is 0 Å². The smallest absolute Gasteiger partial charge is 0.273 e. The summed E-state index contributed by atoms with van der Waals surface area (Å²) in [5, 5.41) is 11.0. The molecular weight excluding hydrogens is 357 g/mol. The molecular formula is C21H22FN5O. The number of para-hydroxylation sites is 1. The van der Waals surface area contributed by atoms with E-state index >= 15 is 0 Å². The van der Waals surface area contributed by atoms with E-state index < -0.39 is 0 Å². The highest BCUT2D eigenvalue weighted by Gasteiger charge is 2.24. The van der Waals surface area contributed by atoms with E-state index in [4.69, 9.17) is 0 Å². The lowest BCUT2D eigenvalue weighted by atomic mass is 10.0. The van der Waals surface area contributed by atoms with Gasteiger partial charge in [-0.25, -0.2) is 9.07 Å². The zero-order chi connectivity index (χ0) is 19.5. The molecule has 3 aromatic rings. The molecule has 28 heavy (non-hydrogen) atoms. The number of aryl methyl sites for hydroxylation is 1. The fourth-order valence-corrected chi connectivity index (χ4v) is 3.51. The summed E-state index contributed by atoms with van der Waals surface area (Å²) < 4.78 is 15.8. The minimum Gasteiger partial charge on any atom is -0.367 e. The van der Waals surface area contributed by atoms with Gasteiger partial charge in [0, 0.05) is 19.1 Å². The number of halogens is 1. The monoisotopic (exact) mass is 379 g/mol. The molecule has 1 aliphatic heterocycles. The number of piperidine rings is 1. The van der Waals surface area contributed by atoms with Gasteiger partial charge in [-0.1, -0.05) is 29.5 Å². The van der Waals surface area contributed by atoms with Crippen LogP contribution in [0.15, 0.2) is 54.7 Å². The highest BCUT2D eigenvalue weighted by molar-refractivity contribution is 5.92. The molecule has 1 aromatic heterocycles. The summed E-state index contributed by atoms with van der Waals surface area (Å²) in [6, 6.07) is 14.5. The fraction of sp³-hybridized carbons (Fsp3) is 0.286. The van der Waals surface area contributed by atoms with Gasteiger partial charge < -0.3 is 10.2 Å². The van der Waals surface area contributed by atoms with E-state index in [-0.39, 0.29) is 23.5 Å². The molecule has 0 aliphatic carbocycles. The second-order valence-electron chi connectivity index (χ2n) is 7.10. The third-order valence-electron chi connectivity index (χ3n) is 4.95. The van der Waals surface area contributed by atoms with E-state index in [1.807, 2.05) is 48.2 Å². The number of nitrogens with one attached hydrogen (secondary N) is 1. The minimum atomic E-state index is -0.265. The van der Waals surface area contributed by atoms with Gasteiger partial charge in [0.25, 0.3) is 5.91 Å². The number of anilines is 1. The van der Waals surface area contributed by atoms with Gasteiger partial charge >= 0.3 is 0 Å². The van der Waals surface area contributed by atoms with E-state index in [0.29, 0.717) is 12.2 Å². The van der Waals surface area contributed by atoms with Gasteiger partial charge in [-0.2, -0.15) is 0 Å². The van der Waals surface area contributed by atoms with Gasteiger partial charge in [0.15, 0.2) is 5.69 Å². The topological polar surface area (TPSA) is 63.1 Å². The number of hydrogen-bond acceptors (Lipinski definition) is 4. The summed E-state index contributed by atoms with van der Waals surface area (Å²) in [5.74, 6) is -0.498. The normalized spacial score (nSPS) is 16.8. The van der Waals surface area contributed by atoms with Crippen LogP contribution >= 0.6 is 0 Å². The van der Waals surface area contributed by atoms with Crippen molar-refractivity contribution in [2.45, 2.75) is 25.8 Å². The minimum absolute atomic E-state index is 0.0666. The Morgan fingerprint density at radius 1 is 1.21 bits per heavy atom. The first kappa shape index (κ1) is 18.2. The molecule has 7 heteroatoms. The zero-order valence-electron chi connectivity index (χ0n) is 15.7. The first-order valence-corrected chi connectivity index (χ1v) is 9.40. The van der Waals surface area contributed by atoms with Crippen molar-refractivity contribution in [2.75, 3.05) is 18.0 Å². The number of nitrogens with zero attached hydrogens (tertiary/aromatic N) is 4. The second-order valence-corrected chi connectivity index (χ2v) is 7.10. The Labute approximate surface area is 163 Å². The molecule has 1 N–H and O–H groups in total. The molecule has 0 saturated carbocycles. The number of aromatic nitrogens is 3. The predicted molar refractivity (Wildman–Crippen MR) is 105 cm³/mol. The lowest BCUT2D eigenvalue weighted by Gasteiger charge is -2.35. The number of rotatable bonds is 4. The van der Waals surface area contributed by atoms with E-state index in [9.17, 15) is 9.18 Å². The van der Waals surface area contributed by atoms with Crippen LogP contribution in [-0.4, -0.2) is 40.0 Å². The van der Waals surface area contributed by atoms with Gasteiger partial charge in [0.05, 0.1) is 17.6 Å². The Morgan fingerprint density at radius 3 is 2.86 bits per heavy atom. The predicted octanol–water partition coefficient (Wildman–Crippen LogP) is 3.11. The molecule has 1 atom stereocenters. The maximum absolute atomic E-state index is 14.2. The summed E-state index contributed by atoms with van der Waals surface area (Å²) in [4.78, 5) is 14.6. The molecule has 1 fully saturated rings. The number of carbonyl (C=O) groups excluding carboxylic acids is 1. The Hall–Kier alpha value is -3.22. The van der Waals surface area contributed by atoms with Gasteiger partial charge in [-0.3, -0.25) is 4.79 Å². The fourth-order valence-electron chi connectivity index (χ4n) is 3.51.